The van der Waals surface area contributed by atoms with Gasteiger partial charge in [0.25, 0.3) is 0 Å². The summed E-state index contributed by atoms with van der Waals surface area (Å²) >= 11 is 0. The zero-order chi connectivity index (χ0) is 11.4. The Bertz CT molecular complexity index is 405. The number of carboxylic acids is 1. The number of ether oxygens (including phenoxy) is 1. The van der Waals surface area contributed by atoms with Crippen LogP contribution in [0, 0.1) is 0 Å². The molecule has 0 aliphatic carbocycles. The molecule has 0 bridgehead atoms. The minimum absolute atomic E-state index is 0.0922. The number of hydrogen-bond acceptors (Lipinski definition) is 6. The van der Waals surface area contributed by atoms with Crippen molar-refractivity contribution in [2.24, 2.45) is 0 Å². The lowest BCUT2D eigenvalue weighted by atomic mass is 10.4. The maximum absolute atomic E-state index is 11.2. The van der Waals surface area contributed by atoms with Gasteiger partial charge in [0, 0.05) is 6.07 Å². The number of rotatable bonds is 3. The first-order valence-electron chi connectivity index (χ1n) is 4.09. The molecule has 7 nitrogen and oxygen atoms in total. The van der Waals surface area contributed by atoms with Crippen molar-refractivity contribution in [2.45, 2.75) is 6.92 Å². The molecule has 0 aliphatic heterocycles. The van der Waals surface area contributed by atoms with Gasteiger partial charge in [-0.3, -0.25) is 0 Å². The van der Waals surface area contributed by atoms with Gasteiger partial charge in [0.15, 0.2) is 5.69 Å². The summed E-state index contributed by atoms with van der Waals surface area (Å²) in [6.07, 6.45) is 0. The number of carbonyl (C=O) groups excluding carboxylic acids is 1. The van der Waals surface area contributed by atoms with Gasteiger partial charge in [0.05, 0.1) is 6.61 Å². The Morgan fingerprint density at radius 1 is 1.53 bits per heavy atom. The number of nitrogens with two attached hydrogens (primary N) is 1. The zero-order valence-corrected chi connectivity index (χ0v) is 7.93. The van der Waals surface area contributed by atoms with Crippen molar-refractivity contribution in [3.8, 4) is 0 Å². The van der Waals surface area contributed by atoms with E-state index in [0.717, 1.165) is 6.07 Å². The summed E-state index contributed by atoms with van der Waals surface area (Å²) in [7, 11) is 0. The molecule has 0 spiro atoms. The molecule has 1 rings (SSSR count). The highest BCUT2D eigenvalue weighted by Gasteiger charge is 2.15. The average Bonchev–Trinajstić information content (AvgIpc) is 2.17. The number of esters is 1. The quantitative estimate of drug-likeness (QED) is 0.672. The second-order valence-electron chi connectivity index (χ2n) is 2.53. The third-order valence-corrected chi connectivity index (χ3v) is 1.42. The molecule has 0 radical (unpaired) electrons. The van der Waals surface area contributed by atoms with Crippen molar-refractivity contribution in [1.82, 2.24) is 9.97 Å². The number of nitrogen functional groups attached to an aromatic ring is 1. The van der Waals surface area contributed by atoms with E-state index in [4.69, 9.17) is 10.8 Å². The third kappa shape index (κ3) is 2.63. The maximum atomic E-state index is 11.2. The SMILES string of the molecule is CCOC(=O)c1cc(N)nc(C(=O)O)n1. The largest absolute Gasteiger partial charge is 0.475 e. The molecule has 15 heavy (non-hydrogen) atoms. The Labute approximate surface area is 84.9 Å². The van der Waals surface area contributed by atoms with Crippen LogP contribution < -0.4 is 5.73 Å². The molecule has 1 aromatic rings. The van der Waals surface area contributed by atoms with Gasteiger partial charge in [-0.05, 0) is 6.92 Å². The fraction of sp³-hybridized carbons (Fsp3) is 0.250. The summed E-state index contributed by atoms with van der Waals surface area (Å²) in [6, 6.07) is 1.16. The Morgan fingerprint density at radius 2 is 2.20 bits per heavy atom. The Balaban J connectivity index is 3.09. The van der Waals surface area contributed by atoms with Crippen molar-refractivity contribution in [3.63, 3.8) is 0 Å². The van der Waals surface area contributed by atoms with Gasteiger partial charge in [0.2, 0.25) is 5.82 Å². The third-order valence-electron chi connectivity index (χ3n) is 1.42. The summed E-state index contributed by atoms with van der Waals surface area (Å²) in [5.41, 5.74) is 5.14. The first-order chi connectivity index (χ1) is 7.04. The second-order valence-corrected chi connectivity index (χ2v) is 2.53. The van der Waals surface area contributed by atoms with Crippen LogP contribution in [0.5, 0.6) is 0 Å². The number of carboxylic acid groups (broad SMARTS) is 1. The number of aromatic carboxylic acids is 1. The van der Waals surface area contributed by atoms with Crippen molar-refractivity contribution < 1.29 is 19.4 Å². The fourth-order valence-electron chi connectivity index (χ4n) is 0.871. The molecular weight excluding hydrogens is 202 g/mol. The molecular formula is C8H9N3O4. The normalized spacial score (nSPS) is 9.67. The smallest absolute Gasteiger partial charge is 0.374 e. The van der Waals surface area contributed by atoms with Crippen LogP contribution in [0.3, 0.4) is 0 Å². The highest BCUT2D eigenvalue weighted by molar-refractivity contribution is 5.90. The molecule has 0 saturated carbocycles. The van der Waals surface area contributed by atoms with Gasteiger partial charge >= 0.3 is 11.9 Å². The standard InChI is InChI=1S/C8H9N3O4/c1-2-15-8(14)4-3-5(9)11-6(10-4)7(12)13/h3H,2H2,1H3,(H,12,13)(H2,9,10,11). The van der Waals surface area contributed by atoms with Crippen LogP contribution in [0.15, 0.2) is 6.07 Å². The van der Waals surface area contributed by atoms with Crippen LogP contribution in [0.2, 0.25) is 0 Å². The van der Waals surface area contributed by atoms with E-state index in [1.165, 1.54) is 0 Å². The Kier molecular flexibility index (Phi) is 3.17. The average molecular weight is 211 g/mol. The Morgan fingerprint density at radius 3 is 2.73 bits per heavy atom. The fourth-order valence-corrected chi connectivity index (χ4v) is 0.871. The van der Waals surface area contributed by atoms with Crippen LogP contribution >= 0.6 is 0 Å². The van der Waals surface area contributed by atoms with E-state index in [9.17, 15) is 9.59 Å². The van der Waals surface area contributed by atoms with E-state index < -0.39 is 17.8 Å². The molecule has 0 atom stereocenters. The number of anilines is 1. The van der Waals surface area contributed by atoms with Crippen LogP contribution in [0.4, 0.5) is 5.82 Å². The zero-order valence-electron chi connectivity index (χ0n) is 7.93. The van der Waals surface area contributed by atoms with Gasteiger partial charge in [-0.1, -0.05) is 0 Å². The summed E-state index contributed by atoms with van der Waals surface area (Å²) in [5, 5.41) is 8.61. The van der Waals surface area contributed by atoms with E-state index in [1.54, 1.807) is 6.92 Å². The molecule has 0 aromatic carbocycles. The second kappa shape index (κ2) is 4.36. The van der Waals surface area contributed by atoms with Crippen molar-refractivity contribution in [2.75, 3.05) is 12.3 Å². The molecule has 0 aliphatic rings. The van der Waals surface area contributed by atoms with Crippen LogP contribution in [-0.4, -0.2) is 33.6 Å². The maximum Gasteiger partial charge on any atom is 0.374 e. The van der Waals surface area contributed by atoms with E-state index in [1.807, 2.05) is 0 Å². The van der Waals surface area contributed by atoms with Crippen LogP contribution in [0.1, 0.15) is 28.0 Å². The predicted octanol–water partition coefficient (Wildman–Crippen LogP) is -0.0663. The first-order valence-corrected chi connectivity index (χ1v) is 4.09. The molecule has 0 fully saturated rings. The number of hydrogen-bond donors (Lipinski definition) is 2. The summed E-state index contributed by atoms with van der Waals surface area (Å²) in [4.78, 5) is 28.7. The lowest BCUT2D eigenvalue weighted by Crippen LogP contribution is -2.14. The molecule has 0 saturated heterocycles. The van der Waals surface area contributed by atoms with Crippen molar-refractivity contribution in [1.29, 1.82) is 0 Å². The number of carbonyl (C=O) groups is 2. The highest BCUT2D eigenvalue weighted by atomic mass is 16.5. The monoisotopic (exact) mass is 211 g/mol. The van der Waals surface area contributed by atoms with E-state index >= 15 is 0 Å². The van der Waals surface area contributed by atoms with Gasteiger partial charge in [-0.2, -0.15) is 0 Å². The predicted molar refractivity (Wildman–Crippen MR) is 49.4 cm³/mol. The van der Waals surface area contributed by atoms with E-state index in [-0.39, 0.29) is 18.1 Å². The first kappa shape index (κ1) is 10.9. The highest BCUT2D eigenvalue weighted by Crippen LogP contribution is 2.04. The van der Waals surface area contributed by atoms with Crippen molar-refractivity contribution >= 4 is 17.8 Å². The van der Waals surface area contributed by atoms with E-state index in [2.05, 4.69) is 14.7 Å². The van der Waals surface area contributed by atoms with E-state index in [0.29, 0.717) is 0 Å². The van der Waals surface area contributed by atoms with Crippen molar-refractivity contribution in [3.05, 3.63) is 17.6 Å². The molecule has 0 amide bonds. The minimum Gasteiger partial charge on any atom is -0.475 e. The van der Waals surface area contributed by atoms with Crippen LogP contribution in [0.25, 0.3) is 0 Å². The summed E-state index contributed by atoms with van der Waals surface area (Å²) in [5.74, 6) is -2.70. The van der Waals surface area contributed by atoms with Gasteiger partial charge < -0.3 is 15.6 Å². The lowest BCUT2D eigenvalue weighted by molar-refractivity contribution is 0.0519. The topological polar surface area (TPSA) is 115 Å². The van der Waals surface area contributed by atoms with Gasteiger partial charge in [-0.15, -0.1) is 0 Å². The summed E-state index contributed by atoms with van der Waals surface area (Å²) in [6.45, 7) is 1.80. The van der Waals surface area contributed by atoms with Gasteiger partial charge in [-0.25, -0.2) is 19.6 Å². The summed E-state index contributed by atoms with van der Waals surface area (Å²) < 4.78 is 4.64. The molecule has 0 unspecified atom stereocenters. The molecule has 7 heteroatoms. The molecule has 3 N–H and O–H groups in total. The number of nitrogens with zero attached hydrogens (tertiary/aromatic N) is 2. The Hall–Kier alpha value is -2.18. The van der Waals surface area contributed by atoms with Crippen LogP contribution in [-0.2, 0) is 4.74 Å². The van der Waals surface area contributed by atoms with Gasteiger partial charge in [0.1, 0.15) is 5.82 Å². The molecule has 80 valence electrons. The minimum atomic E-state index is -1.35. The molecule has 1 heterocycles. The lowest BCUT2D eigenvalue weighted by Gasteiger charge is -2.02. The molecule has 1 aromatic heterocycles. The number of aromatic nitrogens is 2.